The van der Waals surface area contributed by atoms with Crippen LogP contribution in [0.1, 0.15) is 19.3 Å². The van der Waals surface area contributed by atoms with Gasteiger partial charge in [0, 0.05) is 39.4 Å². The second-order valence-electron chi connectivity index (χ2n) is 4.90. The van der Waals surface area contributed by atoms with Crippen molar-refractivity contribution in [2.45, 2.75) is 25.3 Å². The van der Waals surface area contributed by atoms with Gasteiger partial charge < -0.3 is 5.32 Å². The van der Waals surface area contributed by atoms with Gasteiger partial charge in [0.1, 0.15) is 0 Å². The lowest BCUT2D eigenvalue weighted by Crippen LogP contribution is -2.47. The molecule has 3 aliphatic heterocycles. The van der Waals surface area contributed by atoms with Crippen LogP contribution in [0.2, 0.25) is 0 Å². The Bertz CT molecular complexity index is 245. The van der Waals surface area contributed by atoms with Gasteiger partial charge in [-0.2, -0.15) is 0 Å². The van der Waals surface area contributed by atoms with Gasteiger partial charge in [0.05, 0.1) is 6.04 Å². The Morgan fingerprint density at radius 3 is 2.62 bits per heavy atom. The molecule has 1 N–H and O–H groups in total. The molecule has 3 heterocycles. The van der Waals surface area contributed by atoms with E-state index in [9.17, 15) is 4.79 Å². The van der Waals surface area contributed by atoms with Crippen LogP contribution in [0.5, 0.6) is 0 Å². The van der Waals surface area contributed by atoms with Crippen LogP contribution in [0.15, 0.2) is 0 Å². The first-order valence-corrected chi connectivity index (χ1v) is 6.37. The minimum absolute atomic E-state index is 0.135. The van der Waals surface area contributed by atoms with E-state index >= 15 is 0 Å². The predicted octanol–water partition coefficient (Wildman–Crippen LogP) is -0.539. The average Bonchev–Trinajstić information content (AvgIpc) is 2.96. The summed E-state index contributed by atoms with van der Waals surface area (Å²) in [7, 11) is 0. The van der Waals surface area contributed by atoms with Crippen molar-refractivity contribution in [3.05, 3.63) is 0 Å². The first-order valence-electron chi connectivity index (χ1n) is 6.37. The van der Waals surface area contributed by atoms with Gasteiger partial charge in [-0.3, -0.25) is 14.7 Å². The number of nitrogens with zero attached hydrogens (tertiary/aromatic N) is 3. The van der Waals surface area contributed by atoms with E-state index in [1.165, 1.54) is 12.8 Å². The normalized spacial score (nSPS) is 33.1. The summed E-state index contributed by atoms with van der Waals surface area (Å²) in [4.78, 5) is 14.6. The molecule has 0 aromatic heterocycles. The van der Waals surface area contributed by atoms with Crippen LogP contribution in [0.3, 0.4) is 0 Å². The Balaban J connectivity index is 1.64. The molecule has 5 nitrogen and oxygen atoms in total. The number of rotatable bonds is 2. The molecule has 0 aromatic rings. The highest BCUT2D eigenvalue weighted by Crippen LogP contribution is 2.22. The van der Waals surface area contributed by atoms with E-state index in [0.29, 0.717) is 5.91 Å². The van der Waals surface area contributed by atoms with Crippen LogP contribution in [0.25, 0.3) is 0 Å². The molecule has 0 spiro atoms. The molecule has 90 valence electrons. The van der Waals surface area contributed by atoms with Crippen LogP contribution in [-0.4, -0.2) is 66.3 Å². The molecule has 3 fully saturated rings. The summed E-state index contributed by atoms with van der Waals surface area (Å²) in [5, 5.41) is 7.53. The van der Waals surface area contributed by atoms with E-state index in [1.807, 2.05) is 5.01 Å². The first-order chi connectivity index (χ1) is 7.86. The Kier molecular flexibility index (Phi) is 2.83. The summed E-state index contributed by atoms with van der Waals surface area (Å²) in [5.74, 6) is 0.325. The standard InChI is InChI=1S/C11H20N4O/c16-11-10(13-8-4-12-9-13)3-7-15(11)14-5-1-2-6-14/h10,12H,1-9H2. The SMILES string of the molecule is O=C1C(N2CCNC2)CCN1N1CCCC1. The summed E-state index contributed by atoms with van der Waals surface area (Å²) in [6.07, 6.45) is 3.47. The highest BCUT2D eigenvalue weighted by Gasteiger charge is 2.39. The Hall–Kier alpha value is -0.650. The zero-order valence-electron chi connectivity index (χ0n) is 9.69. The van der Waals surface area contributed by atoms with Gasteiger partial charge in [-0.1, -0.05) is 0 Å². The fourth-order valence-corrected chi connectivity index (χ4v) is 3.00. The molecule has 1 unspecified atom stereocenters. The van der Waals surface area contributed by atoms with Gasteiger partial charge >= 0.3 is 0 Å². The molecule has 0 bridgehead atoms. The molecule has 16 heavy (non-hydrogen) atoms. The van der Waals surface area contributed by atoms with Gasteiger partial charge in [-0.15, -0.1) is 0 Å². The number of hydrogen-bond donors (Lipinski definition) is 1. The fourth-order valence-electron chi connectivity index (χ4n) is 3.00. The maximum absolute atomic E-state index is 12.3. The van der Waals surface area contributed by atoms with Crippen molar-refractivity contribution in [2.24, 2.45) is 0 Å². The smallest absolute Gasteiger partial charge is 0.254 e. The van der Waals surface area contributed by atoms with Crippen molar-refractivity contribution in [3.63, 3.8) is 0 Å². The number of carbonyl (C=O) groups is 1. The van der Waals surface area contributed by atoms with Crippen molar-refractivity contribution < 1.29 is 4.79 Å². The van der Waals surface area contributed by atoms with Crippen LogP contribution < -0.4 is 5.32 Å². The molecule has 3 saturated heterocycles. The first kappa shape index (κ1) is 10.5. The molecule has 0 aromatic carbocycles. The topological polar surface area (TPSA) is 38.8 Å². The lowest BCUT2D eigenvalue weighted by atomic mass is 10.2. The van der Waals surface area contributed by atoms with E-state index in [-0.39, 0.29) is 6.04 Å². The molecule has 1 amide bonds. The summed E-state index contributed by atoms with van der Waals surface area (Å²) >= 11 is 0. The highest BCUT2D eigenvalue weighted by atomic mass is 16.2. The van der Waals surface area contributed by atoms with E-state index < -0.39 is 0 Å². The van der Waals surface area contributed by atoms with Crippen LogP contribution >= 0.6 is 0 Å². The minimum Gasteiger partial charge on any atom is -0.303 e. The zero-order valence-corrected chi connectivity index (χ0v) is 9.69. The third-order valence-electron chi connectivity index (χ3n) is 3.91. The van der Waals surface area contributed by atoms with Gasteiger partial charge in [-0.25, -0.2) is 5.01 Å². The van der Waals surface area contributed by atoms with Gasteiger partial charge in [0.25, 0.3) is 5.91 Å². The van der Waals surface area contributed by atoms with E-state index in [4.69, 9.17) is 0 Å². The van der Waals surface area contributed by atoms with E-state index in [1.54, 1.807) is 0 Å². The molecule has 0 aliphatic carbocycles. The molecule has 1 atom stereocenters. The zero-order chi connectivity index (χ0) is 11.0. The van der Waals surface area contributed by atoms with Crippen molar-refractivity contribution in [1.29, 1.82) is 0 Å². The van der Waals surface area contributed by atoms with E-state index in [0.717, 1.165) is 45.8 Å². The number of nitrogens with one attached hydrogen (secondary N) is 1. The quantitative estimate of drug-likeness (QED) is 0.684. The van der Waals surface area contributed by atoms with Crippen molar-refractivity contribution in [2.75, 3.05) is 39.4 Å². The van der Waals surface area contributed by atoms with Gasteiger partial charge in [0.2, 0.25) is 0 Å². The molecule has 0 radical (unpaired) electrons. The summed E-state index contributed by atoms with van der Waals surface area (Å²) in [6.45, 7) is 5.97. The van der Waals surface area contributed by atoms with Crippen molar-refractivity contribution in [3.8, 4) is 0 Å². The monoisotopic (exact) mass is 224 g/mol. The molecular formula is C11H20N4O. The Morgan fingerprint density at radius 2 is 1.94 bits per heavy atom. The maximum Gasteiger partial charge on any atom is 0.254 e. The summed E-state index contributed by atoms with van der Waals surface area (Å²) in [5.41, 5.74) is 0. The molecule has 3 aliphatic rings. The number of hydrogen-bond acceptors (Lipinski definition) is 4. The Morgan fingerprint density at radius 1 is 1.12 bits per heavy atom. The molecule has 3 rings (SSSR count). The second kappa shape index (κ2) is 4.31. The number of carbonyl (C=O) groups excluding carboxylic acids is 1. The molecule has 0 saturated carbocycles. The number of amides is 1. The number of hydrazine groups is 1. The van der Waals surface area contributed by atoms with E-state index in [2.05, 4.69) is 15.2 Å². The molecular weight excluding hydrogens is 204 g/mol. The summed E-state index contributed by atoms with van der Waals surface area (Å²) in [6, 6.07) is 0.135. The van der Waals surface area contributed by atoms with Gasteiger partial charge in [0.15, 0.2) is 0 Å². The second-order valence-corrected chi connectivity index (χ2v) is 4.90. The maximum atomic E-state index is 12.3. The molecule has 5 heteroatoms. The van der Waals surface area contributed by atoms with Crippen molar-refractivity contribution >= 4 is 5.91 Å². The lowest BCUT2D eigenvalue weighted by molar-refractivity contribution is -0.145. The van der Waals surface area contributed by atoms with Gasteiger partial charge in [-0.05, 0) is 19.3 Å². The predicted molar refractivity (Wildman–Crippen MR) is 60.5 cm³/mol. The third kappa shape index (κ3) is 1.73. The fraction of sp³-hybridized carbons (Fsp3) is 0.909. The highest BCUT2D eigenvalue weighted by molar-refractivity contribution is 5.83. The summed E-state index contributed by atoms with van der Waals surface area (Å²) < 4.78 is 0. The van der Waals surface area contributed by atoms with Crippen LogP contribution in [0.4, 0.5) is 0 Å². The Labute approximate surface area is 96.3 Å². The largest absolute Gasteiger partial charge is 0.303 e. The lowest BCUT2D eigenvalue weighted by Gasteiger charge is -2.28. The van der Waals surface area contributed by atoms with Crippen LogP contribution in [-0.2, 0) is 4.79 Å². The van der Waals surface area contributed by atoms with Crippen LogP contribution in [0, 0.1) is 0 Å². The average molecular weight is 224 g/mol. The van der Waals surface area contributed by atoms with Crippen molar-refractivity contribution in [1.82, 2.24) is 20.2 Å². The minimum atomic E-state index is 0.135. The third-order valence-corrected chi connectivity index (χ3v) is 3.91.